The van der Waals surface area contributed by atoms with Crippen molar-refractivity contribution in [3.63, 3.8) is 0 Å². The number of nitrogens with one attached hydrogen (secondary N) is 4. The highest BCUT2D eigenvalue weighted by Crippen LogP contribution is 2.06. The number of carbonyl (C=O) groups excluding carboxylic acids is 4. The highest BCUT2D eigenvalue weighted by Gasteiger charge is 2.30. The molecule has 4 unspecified atom stereocenters. The normalized spacial score (nSPS) is 13.6. The molecule has 0 spiro atoms. The minimum Gasteiger partial charge on any atom is -0.481 e. The molecule has 0 radical (unpaired) electrons. The van der Waals surface area contributed by atoms with Crippen molar-refractivity contribution in [3.8, 4) is 0 Å². The lowest BCUT2D eigenvalue weighted by atomic mass is 10.1. The molecule has 0 bridgehead atoms. The first-order valence-corrected chi connectivity index (χ1v) is 12.2. The highest BCUT2D eigenvalue weighted by molar-refractivity contribution is 5.94. The standard InChI is InChI=1S/C22H36N10O8/c23-12(3-5-16(24)33)18(36)30-14(4-6-17(34)35)20(38)31-13(2-1-7-28-22(25)26)19(37)32-15(21(39)40)8-11-9-27-10-29-11/h9-10,12-15H,1-8,23H2,(H2,24,33)(H,27,29)(H,30,36)(H,31,38)(H,32,37)(H,34,35)(H,39,40)(H4,25,26,28). The van der Waals surface area contributed by atoms with Crippen molar-refractivity contribution in [2.75, 3.05) is 6.54 Å². The minimum atomic E-state index is -1.42. The summed E-state index contributed by atoms with van der Waals surface area (Å²) in [4.78, 5) is 82.8. The number of amides is 4. The van der Waals surface area contributed by atoms with Crippen LogP contribution < -0.4 is 38.9 Å². The number of imidazole rings is 1. The number of aromatic nitrogens is 2. The number of nitrogens with two attached hydrogens (primary N) is 4. The quantitative estimate of drug-likeness (QED) is 0.0433. The number of primary amides is 1. The number of hydrogen-bond acceptors (Lipinski definition) is 9. The van der Waals surface area contributed by atoms with Crippen LogP contribution in [0.15, 0.2) is 17.5 Å². The van der Waals surface area contributed by atoms with E-state index in [0.29, 0.717) is 5.69 Å². The Labute approximate surface area is 228 Å². The second-order valence-corrected chi connectivity index (χ2v) is 8.80. The molecule has 0 aliphatic rings. The van der Waals surface area contributed by atoms with E-state index in [1.165, 1.54) is 12.5 Å². The number of carboxylic acid groups (broad SMARTS) is 2. The fourth-order valence-electron chi connectivity index (χ4n) is 3.38. The molecule has 0 aliphatic heterocycles. The number of aliphatic carboxylic acids is 2. The summed E-state index contributed by atoms with van der Waals surface area (Å²) in [5.41, 5.74) is 21.8. The number of aliphatic imine (C=N–C) groups is 1. The van der Waals surface area contributed by atoms with Crippen molar-refractivity contribution in [2.45, 2.75) is 69.1 Å². The van der Waals surface area contributed by atoms with Crippen LogP contribution in [-0.4, -0.2) is 92.4 Å². The predicted octanol–water partition coefficient (Wildman–Crippen LogP) is -4.00. The van der Waals surface area contributed by atoms with Gasteiger partial charge >= 0.3 is 11.9 Å². The first-order valence-electron chi connectivity index (χ1n) is 12.2. The fourth-order valence-corrected chi connectivity index (χ4v) is 3.38. The number of hydrogen-bond donors (Lipinski definition) is 10. The SMILES string of the molecule is NC(=O)CCC(N)C(=O)NC(CCC(=O)O)C(=O)NC(CCCN=C(N)N)C(=O)NC(Cc1cnc[nH]1)C(=O)O. The van der Waals surface area contributed by atoms with Gasteiger partial charge in [0.1, 0.15) is 18.1 Å². The van der Waals surface area contributed by atoms with Crippen LogP contribution >= 0.6 is 0 Å². The topological polar surface area (TPSA) is 324 Å². The Morgan fingerprint density at radius 3 is 2.00 bits per heavy atom. The van der Waals surface area contributed by atoms with E-state index in [1.54, 1.807) is 0 Å². The zero-order valence-corrected chi connectivity index (χ0v) is 21.7. The van der Waals surface area contributed by atoms with Gasteiger partial charge in [-0.1, -0.05) is 0 Å². The molecule has 1 aromatic heterocycles. The van der Waals surface area contributed by atoms with E-state index in [-0.39, 0.29) is 51.0 Å². The Kier molecular flexibility index (Phi) is 14.1. The number of guanidine groups is 1. The third-order valence-electron chi connectivity index (χ3n) is 5.49. The average Bonchev–Trinajstić information content (AvgIpc) is 3.38. The molecule has 0 aromatic carbocycles. The molecular formula is C22H36N10O8. The van der Waals surface area contributed by atoms with Gasteiger partial charge < -0.3 is 54.1 Å². The summed E-state index contributed by atoms with van der Waals surface area (Å²) < 4.78 is 0. The van der Waals surface area contributed by atoms with Crippen molar-refractivity contribution in [2.24, 2.45) is 27.9 Å². The second-order valence-electron chi connectivity index (χ2n) is 8.80. The Morgan fingerprint density at radius 2 is 1.48 bits per heavy atom. The predicted molar refractivity (Wildman–Crippen MR) is 139 cm³/mol. The monoisotopic (exact) mass is 568 g/mol. The number of rotatable bonds is 19. The average molecular weight is 569 g/mol. The number of carbonyl (C=O) groups is 6. The van der Waals surface area contributed by atoms with E-state index < -0.39 is 66.2 Å². The van der Waals surface area contributed by atoms with Crippen LogP contribution in [0.5, 0.6) is 0 Å². The first kappa shape index (κ1) is 33.3. The van der Waals surface area contributed by atoms with Gasteiger partial charge in [0.25, 0.3) is 0 Å². The number of H-pyrrole nitrogens is 1. The molecule has 4 atom stereocenters. The molecule has 14 N–H and O–H groups in total. The van der Waals surface area contributed by atoms with Crippen LogP contribution in [0.25, 0.3) is 0 Å². The summed E-state index contributed by atoms with van der Waals surface area (Å²) >= 11 is 0. The smallest absolute Gasteiger partial charge is 0.326 e. The maximum absolute atomic E-state index is 13.1. The Balaban J connectivity index is 3.06. The Morgan fingerprint density at radius 1 is 0.875 bits per heavy atom. The molecule has 222 valence electrons. The zero-order chi connectivity index (χ0) is 30.2. The largest absolute Gasteiger partial charge is 0.481 e. The van der Waals surface area contributed by atoms with E-state index in [2.05, 4.69) is 30.9 Å². The van der Waals surface area contributed by atoms with Gasteiger partial charge in [-0.05, 0) is 25.7 Å². The zero-order valence-electron chi connectivity index (χ0n) is 21.7. The molecular weight excluding hydrogens is 532 g/mol. The molecule has 40 heavy (non-hydrogen) atoms. The maximum Gasteiger partial charge on any atom is 0.326 e. The van der Waals surface area contributed by atoms with Crippen molar-refractivity contribution >= 4 is 41.5 Å². The van der Waals surface area contributed by atoms with E-state index in [1.807, 2.05) is 0 Å². The van der Waals surface area contributed by atoms with E-state index in [9.17, 15) is 33.9 Å². The van der Waals surface area contributed by atoms with Crippen molar-refractivity contribution in [1.29, 1.82) is 0 Å². The number of carboxylic acids is 2. The van der Waals surface area contributed by atoms with Gasteiger partial charge in [0.15, 0.2) is 5.96 Å². The van der Waals surface area contributed by atoms with Crippen LogP contribution in [-0.2, 0) is 35.2 Å². The van der Waals surface area contributed by atoms with Gasteiger partial charge in [-0.25, -0.2) is 9.78 Å². The third-order valence-corrected chi connectivity index (χ3v) is 5.49. The van der Waals surface area contributed by atoms with E-state index in [4.69, 9.17) is 28.0 Å². The summed E-state index contributed by atoms with van der Waals surface area (Å²) in [5.74, 6) is -6.09. The number of nitrogens with zero attached hydrogens (tertiary/aromatic N) is 2. The summed E-state index contributed by atoms with van der Waals surface area (Å²) in [5, 5.41) is 25.8. The lowest BCUT2D eigenvalue weighted by Crippen LogP contribution is -2.57. The van der Waals surface area contributed by atoms with Crippen molar-refractivity contribution < 1.29 is 39.0 Å². The molecule has 1 heterocycles. The number of aromatic amines is 1. The van der Waals surface area contributed by atoms with Gasteiger partial charge in [0.2, 0.25) is 23.6 Å². The Hall–Kier alpha value is -4.74. The van der Waals surface area contributed by atoms with E-state index in [0.717, 1.165) is 0 Å². The van der Waals surface area contributed by atoms with Crippen LogP contribution in [0.2, 0.25) is 0 Å². The minimum absolute atomic E-state index is 0.0392. The molecule has 0 saturated heterocycles. The maximum atomic E-state index is 13.1. The molecule has 4 amide bonds. The Bertz CT molecular complexity index is 1060. The molecule has 1 aromatic rings. The van der Waals surface area contributed by atoms with Crippen molar-refractivity contribution in [1.82, 2.24) is 25.9 Å². The van der Waals surface area contributed by atoms with Crippen LogP contribution in [0.3, 0.4) is 0 Å². The van der Waals surface area contributed by atoms with Gasteiger partial charge in [0, 0.05) is 37.7 Å². The van der Waals surface area contributed by atoms with Crippen LogP contribution in [0.4, 0.5) is 0 Å². The first-order chi connectivity index (χ1) is 18.8. The second kappa shape index (κ2) is 17.0. The summed E-state index contributed by atoms with van der Waals surface area (Å²) in [6.45, 7) is 0.0897. The van der Waals surface area contributed by atoms with Crippen LogP contribution in [0.1, 0.15) is 44.2 Å². The third kappa shape index (κ3) is 13.2. The molecule has 1 rings (SSSR count). The fraction of sp³-hybridized carbons (Fsp3) is 0.545. The van der Waals surface area contributed by atoms with Crippen molar-refractivity contribution in [3.05, 3.63) is 18.2 Å². The molecule has 0 aliphatic carbocycles. The molecule has 0 fully saturated rings. The van der Waals surface area contributed by atoms with Gasteiger partial charge in [-0.2, -0.15) is 0 Å². The highest BCUT2D eigenvalue weighted by atomic mass is 16.4. The molecule has 18 nitrogen and oxygen atoms in total. The van der Waals surface area contributed by atoms with E-state index >= 15 is 0 Å². The lowest BCUT2D eigenvalue weighted by molar-refractivity contribution is -0.142. The summed E-state index contributed by atoms with van der Waals surface area (Å²) in [6, 6.07) is -5.32. The van der Waals surface area contributed by atoms with Gasteiger partial charge in [-0.15, -0.1) is 0 Å². The van der Waals surface area contributed by atoms with Gasteiger partial charge in [0.05, 0.1) is 12.4 Å². The summed E-state index contributed by atoms with van der Waals surface area (Å²) in [6.07, 6.45) is 1.59. The molecule has 0 saturated carbocycles. The van der Waals surface area contributed by atoms with Gasteiger partial charge in [-0.3, -0.25) is 29.0 Å². The van der Waals surface area contributed by atoms with Crippen LogP contribution in [0, 0.1) is 0 Å². The summed E-state index contributed by atoms with van der Waals surface area (Å²) in [7, 11) is 0. The lowest BCUT2D eigenvalue weighted by Gasteiger charge is -2.25. The molecule has 18 heteroatoms.